The Balaban J connectivity index is 1.79. The third kappa shape index (κ3) is 2.74. The molecule has 21 heavy (non-hydrogen) atoms. The van der Waals surface area contributed by atoms with Gasteiger partial charge in [-0.2, -0.15) is 5.26 Å². The monoisotopic (exact) mass is 277 g/mol. The van der Waals surface area contributed by atoms with Crippen LogP contribution in [-0.4, -0.2) is 9.97 Å². The van der Waals surface area contributed by atoms with Crippen molar-refractivity contribution in [1.82, 2.24) is 9.97 Å². The van der Waals surface area contributed by atoms with Gasteiger partial charge in [0.2, 0.25) is 5.88 Å². The molecule has 3 rings (SSSR count). The number of rotatable bonds is 3. The number of benzene rings is 1. The van der Waals surface area contributed by atoms with Gasteiger partial charge in [0.15, 0.2) is 12.2 Å². The lowest BCUT2D eigenvalue weighted by Crippen LogP contribution is -1.92. The van der Waals surface area contributed by atoms with Crippen LogP contribution in [0.2, 0.25) is 0 Å². The van der Waals surface area contributed by atoms with Crippen molar-refractivity contribution in [2.45, 2.75) is 6.92 Å². The van der Waals surface area contributed by atoms with Crippen molar-refractivity contribution in [3.05, 3.63) is 60.2 Å². The first-order chi connectivity index (χ1) is 10.3. The third-order valence-electron chi connectivity index (χ3n) is 2.97. The number of oxazole rings is 1. The smallest absolute Gasteiger partial charge is 0.219 e. The summed E-state index contributed by atoms with van der Waals surface area (Å²) in [5.41, 5.74) is 2.11. The standard InChI is InChI=1S/C16H11N3O2/c1-11-13(8-17)4-7-16(19-11)21-14-5-2-12(3-6-14)15-9-18-10-20-15/h2-7,9-10H,1H3. The second-order valence-corrected chi connectivity index (χ2v) is 4.39. The van der Waals surface area contributed by atoms with E-state index in [1.165, 1.54) is 6.39 Å². The molecule has 0 N–H and O–H groups in total. The van der Waals surface area contributed by atoms with Crippen LogP contribution < -0.4 is 4.74 Å². The first-order valence-corrected chi connectivity index (χ1v) is 6.31. The molecule has 0 saturated carbocycles. The van der Waals surface area contributed by atoms with Gasteiger partial charge in [-0.15, -0.1) is 0 Å². The molecular weight excluding hydrogens is 266 g/mol. The van der Waals surface area contributed by atoms with Gasteiger partial charge in [0.25, 0.3) is 0 Å². The minimum atomic E-state index is 0.457. The molecule has 0 bridgehead atoms. The van der Waals surface area contributed by atoms with Gasteiger partial charge in [-0.05, 0) is 37.3 Å². The number of aromatic nitrogens is 2. The molecule has 102 valence electrons. The van der Waals surface area contributed by atoms with Gasteiger partial charge in [0.1, 0.15) is 11.8 Å². The Morgan fingerprint density at radius 3 is 2.57 bits per heavy atom. The molecule has 0 aliphatic heterocycles. The summed E-state index contributed by atoms with van der Waals surface area (Å²) in [6, 6.07) is 12.9. The Kier molecular flexibility index (Phi) is 3.36. The van der Waals surface area contributed by atoms with E-state index in [4.69, 9.17) is 14.4 Å². The van der Waals surface area contributed by atoms with Crippen LogP contribution in [-0.2, 0) is 0 Å². The van der Waals surface area contributed by atoms with Gasteiger partial charge in [0, 0.05) is 11.6 Å². The summed E-state index contributed by atoms with van der Waals surface area (Å²) in [6.45, 7) is 1.78. The van der Waals surface area contributed by atoms with Crippen LogP contribution in [0.4, 0.5) is 0 Å². The first kappa shape index (κ1) is 12.9. The fourth-order valence-electron chi connectivity index (χ4n) is 1.88. The highest BCUT2D eigenvalue weighted by atomic mass is 16.5. The van der Waals surface area contributed by atoms with E-state index >= 15 is 0 Å². The van der Waals surface area contributed by atoms with Crippen LogP contribution in [0.3, 0.4) is 0 Å². The highest BCUT2D eigenvalue weighted by molar-refractivity contribution is 5.57. The first-order valence-electron chi connectivity index (χ1n) is 6.31. The van der Waals surface area contributed by atoms with Gasteiger partial charge in [-0.3, -0.25) is 0 Å². The minimum absolute atomic E-state index is 0.457. The van der Waals surface area contributed by atoms with Crippen molar-refractivity contribution in [3.8, 4) is 29.0 Å². The van der Waals surface area contributed by atoms with Crippen molar-refractivity contribution < 1.29 is 9.15 Å². The molecule has 0 aliphatic rings. The van der Waals surface area contributed by atoms with Crippen LogP contribution in [0.5, 0.6) is 11.6 Å². The SMILES string of the molecule is Cc1nc(Oc2ccc(-c3cnco3)cc2)ccc1C#N. The molecule has 1 aromatic carbocycles. The normalized spacial score (nSPS) is 10.1. The zero-order chi connectivity index (χ0) is 14.7. The number of ether oxygens (including phenoxy) is 1. The molecule has 5 heteroatoms. The van der Waals surface area contributed by atoms with E-state index in [0.29, 0.717) is 28.6 Å². The van der Waals surface area contributed by atoms with Crippen LogP contribution >= 0.6 is 0 Å². The summed E-state index contributed by atoms with van der Waals surface area (Å²) in [7, 11) is 0. The van der Waals surface area contributed by atoms with Crippen LogP contribution in [0, 0.1) is 18.3 Å². The number of hydrogen-bond acceptors (Lipinski definition) is 5. The largest absolute Gasteiger partial charge is 0.444 e. The summed E-state index contributed by atoms with van der Waals surface area (Å²) in [5.74, 6) is 1.82. The lowest BCUT2D eigenvalue weighted by Gasteiger charge is -2.06. The van der Waals surface area contributed by atoms with Gasteiger partial charge >= 0.3 is 0 Å². The Morgan fingerprint density at radius 1 is 1.14 bits per heavy atom. The summed E-state index contributed by atoms with van der Waals surface area (Å²) >= 11 is 0. The molecule has 2 heterocycles. The minimum Gasteiger partial charge on any atom is -0.444 e. The van der Waals surface area contributed by atoms with Crippen LogP contribution in [0.1, 0.15) is 11.3 Å². The number of nitriles is 1. The van der Waals surface area contributed by atoms with Crippen molar-refractivity contribution in [2.75, 3.05) is 0 Å². The molecule has 0 spiro atoms. The Bertz CT molecular complexity index is 787. The number of hydrogen-bond donors (Lipinski definition) is 0. The van der Waals surface area contributed by atoms with E-state index in [1.54, 1.807) is 25.3 Å². The van der Waals surface area contributed by atoms with E-state index in [1.807, 2.05) is 24.3 Å². The molecule has 5 nitrogen and oxygen atoms in total. The van der Waals surface area contributed by atoms with Crippen LogP contribution in [0.15, 0.2) is 53.4 Å². The van der Waals surface area contributed by atoms with Gasteiger partial charge in [-0.25, -0.2) is 9.97 Å². The maximum absolute atomic E-state index is 8.88. The Hall–Kier alpha value is -3.13. The highest BCUT2D eigenvalue weighted by Crippen LogP contribution is 2.25. The van der Waals surface area contributed by atoms with Gasteiger partial charge < -0.3 is 9.15 Å². The Labute approximate surface area is 121 Å². The predicted molar refractivity (Wildman–Crippen MR) is 75.7 cm³/mol. The van der Waals surface area contributed by atoms with E-state index in [0.717, 1.165) is 5.56 Å². The number of nitrogens with zero attached hydrogens (tertiary/aromatic N) is 3. The number of pyridine rings is 1. The third-order valence-corrected chi connectivity index (χ3v) is 2.97. The lowest BCUT2D eigenvalue weighted by atomic mass is 10.2. The average molecular weight is 277 g/mol. The molecule has 0 unspecified atom stereocenters. The lowest BCUT2D eigenvalue weighted by molar-refractivity contribution is 0.461. The molecule has 0 saturated heterocycles. The van der Waals surface area contributed by atoms with Crippen molar-refractivity contribution in [2.24, 2.45) is 0 Å². The number of aryl methyl sites for hydroxylation is 1. The second-order valence-electron chi connectivity index (χ2n) is 4.39. The molecule has 0 radical (unpaired) electrons. The quantitative estimate of drug-likeness (QED) is 0.729. The fourth-order valence-corrected chi connectivity index (χ4v) is 1.88. The zero-order valence-corrected chi connectivity index (χ0v) is 11.3. The zero-order valence-electron chi connectivity index (χ0n) is 11.3. The van der Waals surface area contributed by atoms with E-state index < -0.39 is 0 Å². The summed E-state index contributed by atoms with van der Waals surface area (Å²) in [6.07, 6.45) is 3.05. The van der Waals surface area contributed by atoms with Crippen LogP contribution in [0.25, 0.3) is 11.3 Å². The molecule has 3 aromatic rings. The molecule has 0 fully saturated rings. The average Bonchev–Trinajstić information content (AvgIpc) is 3.02. The predicted octanol–water partition coefficient (Wildman–Crippen LogP) is 3.71. The molecule has 0 aliphatic carbocycles. The molecule has 0 amide bonds. The van der Waals surface area contributed by atoms with Crippen molar-refractivity contribution in [1.29, 1.82) is 5.26 Å². The fraction of sp³-hybridized carbons (Fsp3) is 0.0625. The van der Waals surface area contributed by atoms with Gasteiger partial charge in [-0.1, -0.05) is 0 Å². The van der Waals surface area contributed by atoms with Crippen molar-refractivity contribution in [3.63, 3.8) is 0 Å². The summed E-state index contributed by atoms with van der Waals surface area (Å²) < 4.78 is 10.9. The van der Waals surface area contributed by atoms with E-state index in [9.17, 15) is 0 Å². The van der Waals surface area contributed by atoms with Gasteiger partial charge in [0.05, 0.1) is 17.5 Å². The molecule has 0 atom stereocenters. The van der Waals surface area contributed by atoms with Crippen molar-refractivity contribution >= 4 is 0 Å². The summed E-state index contributed by atoms with van der Waals surface area (Å²) in [5, 5.41) is 8.88. The maximum atomic E-state index is 8.88. The molecule has 2 aromatic heterocycles. The maximum Gasteiger partial charge on any atom is 0.219 e. The van der Waals surface area contributed by atoms with E-state index in [2.05, 4.69) is 16.0 Å². The second kappa shape index (κ2) is 5.47. The topological polar surface area (TPSA) is 71.9 Å². The highest BCUT2D eigenvalue weighted by Gasteiger charge is 2.05. The Morgan fingerprint density at radius 2 is 1.95 bits per heavy atom. The molecular formula is C16H11N3O2. The summed E-state index contributed by atoms with van der Waals surface area (Å²) in [4.78, 5) is 8.12. The van der Waals surface area contributed by atoms with E-state index in [-0.39, 0.29) is 0 Å².